The quantitative estimate of drug-likeness (QED) is 0.305. The second-order valence-electron chi connectivity index (χ2n) is 9.74. The van der Waals surface area contributed by atoms with E-state index in [0.717, 1.165) is 27.9 Å². The fourth-order valence-corrected chi connectivity index (χ4v) is 4.88. The summed E-state index contributed by atoms with van der Waals surface area (Å²) in [5.74, 6) is -0.991. The van der Waals surface area contributed by atoms with Crippen LogP contribution in [0, 0.1) is 6.92 Å². The number of amides is 2. The van der Waals surface area contributed by atoms with Gasteiger partial charge in [-0.25, -0.2) is 4.98 Å². The van der Waals surface area contributed by atoms with Gasteiger partial charge in [0.05, 0.1) is 0 Å². The minimum absolute atomic E-state index is 0.0892. The Morgan fingerprint density at radius 3 is 2.05 bits per heavy atom. The summed E-state index contributed by atoms with van der Waals surface area (Å²) in [4.78, 5) is 43.7. The van der Waals surface area contributed by atoms with E-state index in [-0.39, 0.29) is 5.56 Å². The molecule has 2 N–H and O–H groups in total. The van der Waals surface area contributed by atoms with Crippen LogP contribution in [0.25, 0.3) is 11.1 Å². The first-order valence-corrected chi connectivity index (χ1v) is 13.2. The molecule has 0 aliphatic carbocycles. The number of pyridine rings is 2. The lowest BCUT2D eigenvalue weighted by molar-refractivity contribution is -0.118. The zero-order valence-electron chi connectivity index (χ0n) is 23.0. The summed E-state index contributed by atoms with van der Waals surface area (Å²) in [7, 11) is 3.40. The Bertz CT molecular complexity index is 1690. The van der Waals surface area contributed by atoms with Crippen LogP contribution in [0.2, 0.25) is 0 Å². The number of benzene rings is 2. The molecule has 3 heterocycles. The molecule has 0 spiro atoms. The van der Waals surface area contributed by atoms with Gasteiger partial charge in [0.15, 0.2) is 0 Å². The maximum absolute atomic E-state index is 14.0. The molecule has 3 aromatic heterocycles. The number of hydrogen-bond donors (Lipinski definition) is 2. The van der Waals surface area contributed by atoms with E-state index < -0.39 is 23.8 Å². The molecule has 206 valence electrons. The van der Waals surface area contributed by atoms with Gasteiger partial charge in [-0.15, -0.1) is 0 Å². The number of nitrogens with zero attached hydrogens (tertiary/aromatic N) is 4. The van der Waals surface area contributed by atoms with E-state index in [2.05, 4.69) is 20.7 Å². The Morgan fingerprint density at radius 2 is 1.49 bits per heavy atom. The molecule has 9 heteroatoms. The summed E-state index contributed by atoms with van der Waals surface area (Å²) in [5, 5.41) is 9.96. The normalized spacial score (nSPS) is 11.7. The number of carbonyl (C=O) groups excluding carboxylic acids is 2. The van der Waals surface area contributed by atoms with Gasteiger partial charge < -0.3 is 15.2 Å². The number of nitrogens with one attached hydrogen (secondary N) is 2. The molecule has 1 unspecified atom stereocenters. The largest absolute Gasteiger partial charge is 0.338 e. The Hall–Kier alpha value is -5.31. The molecule has 0 bridgehead atoms. The van der Waals surface area contributed by atoms with Crippen molar-refractivity contribution in [1.82, 2.24) is 24.6 Å². The zero-order chi connectivity index (χ0) is 28.9. The smallest absolute Gasteiger partial charge is 0.270 e. The van der Waals surface area contributed by atoms with Crippen molar-refractivity contribution in [2.24, 2.45) is 14.1 Å². The summed E-state index contributed by atoms with van der Waals surface area (Å²) >= 11 is 0. The molecule has 41 heavy (non-hydrogen) atoms. The van der Waals surface area contributed by atoms with Crippen molar-refractivity contribution < 1.29 is 9.59 Å². The molecule has 0 aliphatic rings. The second-order valence-corrected chi connectivity index (χ2v) is 9.74. The Labute approximate surface area is 237 Å². The highest BCUT2D eigenvalue weighted by Crippen LogP contribution is 2.29. The van der Waals surface area contributed by atoms with Crippen molar-refractivity contribution >= 4 is 17.6 Å². The number of anilines is 1. The SMILES string of the molecule is Cc1c(-c2ccc(NC(=O)C(NC(=O)c3ccnn3C)C(c3ccccc3)c3ccccc3)nc2)ccc(=O)n1C. The third-order valence-electron chi connectivity index (χ3n) is 7.22. The van der Waals surface area contributed by atoms with Crippen molar-refractivity contribution in [1.29, 1.82) is 0 Å². The van der Waals surface area contributed by atoms with E-state index in [0.29, 0.717) is 11.5 Å². The average Bonchev–Trinajstić information content (AvgIpc) is 3.43. The molecule has 0 radical (unpaired) electrons. The summed E-state index contributed by atoms with van der Waals surface area (Å²) in [6.45, 7) is 1.87. The Balaban J connectivity index is 1.49. The molecular formula is C32H30N6O3. The highest BCUT2D eigenvalue weighted by molar-refractivity contribution is 6.01. The van der Waals surface area contributed by atoms with Gasteiger partial charge in [-0.1, -0.05) is 60.7 Å². The number of carbonyl (C=O) groups is 2. The van der Waals surface area contributed by atoms with Gasteiger partial charge in [-0.05, 0) is 42.3 Å². The minimum Gasteiger partial charge on any atom is -0.338 e. The highest BCUT2D eigenvalue weighted by Gasteiger charge is 2.33. The van der Waals surface area contributed by atoms with Crippen LogP contribution in [0.4, 0.5) is 5.82 Å². The summed E-state index contributed by atoms with van der Waals surface area (Å²) in [5.41, 5.74) is 4.47. The molecule has 5 aromatic rings. The van der Waals surface area contributed by atoms with Crippen molar-refractivity contribution in [2.75, 3.05) is 5.32 Å². The van der Waals surface area contributed by atoms with E-state index in [4.69, 9.17) is 0 Å². The molecule has 2 aromatic carbocycles. The maximum atomic E-state index is 14.0. The zero-order valence-corrected chi connectivity index (χ0v) is 23.0. The number of aryl methyl sites for hydroxylation is 1. The van der Waals surface area contributed by atoms with Crippen LogP contribution in [0.5, 0.6) is 0 Å². The van der Waals surface area contributed by atoms with Gasteiger partial charge in [-0.2, -0.15) is 5.10 Å². The third kappa shape index (κ3) is 5.84. The summed E-state index contributed by atoms with van der Waals surface area (Å²) in [6.07, 6.45) is 3.19. The predicted octanol–water partition coefficient (Wildman–Crippen LogP) is 4.06. The molecule has 5 rings (SSSR count). The number of aromatic nitrogens is 4. The lowest BCUT2D eigenvalue weighted by Crippen LogP contribution is -2.48. The van der Waals surface area contributed by atoms with Crippen LogP contribution in [-0.2, 0) is 18.9 Å². The van der Waals surface area contributed by atoms with Crippen molar-refractivity contribution in [2.45, 2.75) is 18.9 Å². The average molecular weight is 547 g/mol. The monoisotopic (exact) mass is 546 g/mol. The minimum atomic E-state index is -0.977. The van der Waals surface area contributed by atoms with E-state index in [9.17, 15) is 14.4 Å². The maximum Gasteiger partial charge on any atom is 0.270 e. The van der Waals surface area contributed by atoms with Gasteiger partial charge in [0.25, 0.3) is 5.91 Å². The van der Waals surface area contributed by atoms with Crippen molar-refractivity contribution in [3.8, 4) is 11.1 Å². The molecular weight excluding hydrogens is 516 g/mol. The topological polar surface area (TPSA) is 111 Å². The Kier molecular flexibility index (Phi) is 7.87. The fraction of sp³-hybridized carbons (Fsp3) is 0.156. The van der Waals surface area contributed by atoms with Crippen LogP contribution in [-0.4, -0.2) is 37.2 Å². The second kappa shape index (κ2) is 11.8. The van der Waals surface area contributed by atoms with E-state index in [1.807, 2.05) is 73.7 Å². The van der Waals surface area contributed by atoms with Gasteiger partial charge >= 0.3 is 0 Å². The fourth-order valence-electron chi connectivity index (χ4n) is 4.88. The standard InChI is InChI=1S/C32H30N6O3/c1-21-25(15-17-28(39)37(21)2)24-14-16-27(33-20-24)35-32(41)30(36-31(40)26-18-19-34-38(26)3)29(22-10-6-4-7-11-22)23-12-8-5-9-13-23/h4-20,29-30H,1-3H3,(H,36,40)(H,33,35,41). The van der Waals surface area contributed by atoms with E-state index in [1.165, 1.54) is 16.9 Å². The molecule has 2 amide bonds. The lowest BCUT2D eigenvalue weighted by atomic mass is 9.84. The van der Waals surface area contributed by atoms with Gasteiger partial charge in [0, 0.05) is 55.3 Å². The number of rotatable bonds is 8. The van der Waals surface area contributed by atoms with Gasteiger partial charge in [-0.3, -0.25) is 19.1 Å². The first kappa shape index (κ1) is 27.3. The molecule has 0 aliphatic heterocycles. The third-order valence-corrected chi connectivity index (χ3v) is 7.22. The lowest BCUT2D eigenvalue weighted by Gasteiger charge is -2.28. The van der Waals surface area contributed by atoms with Crippen LogP contribution in [0.15, 0.2) is 108 Å². The Morgan fingerprint density at radius 1 is 0.829 bits per heavy atom. The molecule has 0 saturated carbocycles. The van der Waals surface area contributed by atoms with Crippen molar-refractivity contribution in [3.63, 3.8) is 0 Å². The highest BCUT2D eigenvalue weighted by atomic mass is 16.2. The predicted molar refractivity (Wildman–Crippen MR) is 157 cm³/mol. The van der Waals surface area contributed by atoms with Gasteiger partial charge in [0.1, 0.15) is 17.6 Å². The molecule has 1 atom stereocenters. The summed E-state index contributed by atoms with van der Waals surface area (Å²) < 4.78 is 3.04. The van der Waals surface area contributed by atoms with Crippen LogP contribution >= 0.6 is 0 Å². The molecule has 9 nitrogen and oxygen atoms in total. The number of hydrogen-bond acceptors (Lipinski definition) is 5. The van der Waals surface area contributed by atoms with Crippen molar-refractivity contribution in [3.05, 3.63) is 136 Å². The van der Waals surface area contributed by atoms with Crippen LogP contribution < -0.4 is 16.2 Å². The van der Waals surface area contributed by atoms with E-state index in [1.54, 1.807) is 43.1 Å². The van der Waals surface area contributed by atoms with Crippen LogP contribution in [0.1, 0.15) is 33.2 Å². The molecule has 0 saturated heterocycles. The first-order chi connectivity index (χ1) is 19.8. The molecule has 0 fully saturated rings. The van der Waals surface area contributed by atoms with Gasteiger partial charge in [0.2, 0.25) is 11.5 Å². The van der Waals surface area contributed by atoms with E-state index >= 15 is 0 Å². The first-order valence-electron chi connectivity index (χ1n) is 13.2. The summed E-state index contributed by atoms with van der Waals surface area (Å²) in [6, 6.07) is 26.7. The van der Waals surface area contributed by atoms with Crippen LogP contribution in [0.3, 0.4) is 0 Å².